The largest absolute Gasteiger partial charge is 0.497 e. The number of rotatable bonds is 9. The second-order valence-corrected chi connectivity index (χ2v) is 11.5. The van der Waals surface area contributed by atoms with E-state index in [9.17, 15) is 9.59 Å². The Morgan fingerprint density at radius 2 is 1.92 bits per heavy atom. The minimum atomic E-state index is -0.305. The number of thioether (sulfide) groups is 1. The second-order valence-electron chi connectivity index (χ2n) is 9.84. The van der Waals surface area contributed by atoms with Crippen LogP contribution in [0.5, 0.6) is 11.5 Å². The topological polar surface area (TPSA) is 78.2 Å². The Kier molecular flexibility index (Phi) is 7.62. The maximum Gasteiger partial charge on any atom is 0.302 e. The number of hydrogen-bond donors (Lipinski definition) is 0. The molecule has 2 heterocycles. The van der Waals surface area contributed by atoms with E-state index in [0.717, 1.165) is 23.5 Å². The van der Waals surface area contributed by atoms with Crippen molar-refractivity contribution in [1.29, 1.82) is 0 Å². The van der Waals surface area contributed by atoms with Crippen molar-refractivity contribution in [2.45, 2.75) is 51.5 Å². The Bertz CT molecular complexity index is 1230. The smallest absolute Gasteiger partial charge is 0.302 e. The van der Waals surface area contributed by atoms with Crippen molar-refractivity contribution in [3.8, 4) is 22.8 Å². The molecule has 1 aromatic heterocycles. The first kappa shape index (κ1) is 25.9. The number of methoxy groups -OCH3 is 2. The normalized spacial score (nSPS) is 23.8. The van der Waals surface area contributed by atoms with E-state index in [-0.39, 0.29) is 17.9 Å². The highest BCUT2D eigenvalue weighted by Gasteiger charge is 2.48. The van der Waals surface area contributed by atoms with Gasteiger partial charge in [-0.1, -0.05) is 30.4 Å². The van der Waals surface area contributed by atoms with Gasteiger partial charge >= 0.3 is 5.97 Å². The van der Waals surface area contributed by atoms with Crippen LogP contribution < -0.4 is 9.47 Å². The fourth-order valence-corrected chi connectivity index (χ4v) is 7.09. The highest BCUT2D eigenvalue weighted by molar-refractivity contribution is 8.26. The van der Waals surface area contributed by atoms with Gasteiger partial charge in [0.05, 0.1) is 25.7 Å². The molecule has 1 aromatic carbocycles. The van der Waals surface area contributed by atoms with Crippen molar-refractivity contribution in [2.24, 2.45) is 11.8 Å². The van der Waals surface area contributed by atoms with E-state index < -0.39 is 0 Å². The van der Waals surface area contributed by atoms with Gasteiger partial charge in [0, 0.05) is 30.7 Å². The quantitative estimate of drug-likeness (QED) is 0.169. The minimum absolute atomic E-state index is 0.0283. The predicted octanol–water partition coefficient (Wildman–Crippen LogP) is 5.85. The number of amides is 1. The van der Waals surface area contributed by atoms with Gasteiger partial charge in [-0.15, -0.1) is 0 Å². The van der Waals surface area contributed by atoms with Crippen LogP contribution in [0.4, 0.5) is 0 Å². The molecule has 1 saturated heterocycles. The lowest BCUT2D eigenvalue weighted by Crippen LogP contribution is -2.41. The molecular formula is C28H31NO6S2. The summed E-state index contributed by atoms with van der Waals surface area (Å²) >= 11 is 7.01. The Morgan fingerprint density at radius 1 is 1.16 bits per heavy atom. The third-order valence-corrected chi connectivity index (χ3v) is 8.82. The lowest BCUT2D eigenvalue weighted by Gasteiger charge is -2.30. The number of carbonyl (C=O) groups is 2. The van der Waals surface area contributed by atoms with Crippen LogP contribution in [0.25, 0.3) is 17.4 Å². The number of carbonyl (C=O) groups excluding carboxylic acids is 2. The zero-order chi connectivity index (χ0) is 26.1. The van der Waals surface area contributed by atoms with Crippen LogP contribution in [-0.2, 0) is 20.7 Å². The van der Waals surface area contributed by atoms with E-state index in [1.165, 1.54) is 37.9 Å². The molecule has 5 rings (SSSR count). The molecule has 2 bridgehead atoms. The molecule has 2 aliphatic carbocycles. The van der Waals surface area contributed by atoms with E-state index in [1.807, 2.05) is 29.2 Å². The van der Waals surface area contributed by atoms with Crippen LogP contribution in [0.15, 0.2) is 33.6 Å². The third-order valence-electron chi connectivity index (χ3n) is 7.49. The van der Waals surface area contributed by atoms with Crippen LogP contribution in [-0.4, -0.2) is 48.0 Å². The van der Waals surface area contributed by atoms with Crippen molar-refractivity contribution in [3.05, 3.63) is 40.5 Å². The maximum atomic E-state index is 13.5. The summed E-state index contributed by atoms with van der Waals surface area (Å²) in [6.45, 7) is 1.71. The molecular weight excluding hydrogens is 510 g/mol. The van der Waals surface area contributed by atoms with E-state index >= 15 is 0 Å². The second kappa shape index (κ2) is 10.9. The molecule has 0 radical (unpaired) electrons. The molecule has 1 aliphatic heterocycles. The van der Waals surface area contributed by atoms with Crippen molar-refractivity contribution in [2.75, 3.05) is 20.8 Å². The van der Waals surface area contributed by atoms with Gasteiger partial charge < -0.3 is 18.6 Å². The number of furan rings is 1. The average molecular weight is 542 g/mol. The Balaban J connectivity index is 1.44. The summed E-state index contributed by atoms with van der Waals surface area (Å²) in [5, 5.41) is 0. The van der Waals surface area contributed by atoms with Crippen LogP contribution in [0.1, 0.15) is 50.4 Å². The number of benzene rings is 1. The van der Waals surface area contributed by atoms with E-state index in [2.05, 4.69) is 0 Å². The molecule has 37 heavy (non-hydrogen) atoms. The van der Waals surface area contributed by atoms with Crippen molar-refractivity contribution < 1.29 is 28.2 Å². The molecule has 7 nitrogen and oxygen atoms in total. The molecule has 3 aliphatic rings. The summed E-state index contributed by atoms with van der Waals surface area (Å²) in [6.07, 6.45) is 7.78. The van der Waals surface area contributed by atoms with Crippen LogP contribution in [0.2, 0.25) is 0 Å². The van der Waals surface area contributed by atoms with Gasteiger partial charge in [0.15, 0.2) is 0 Å². The first-order chi connectivity index (χ1) is 17.9. The van der Waals surface area contributed by atoms with Gasteiger partial charge in [-0.3, -0.25) is 14.5 Å². The fourth-order valence-electron chi connectivity index (χ4n) is 5.74. The number of thiocarbonyl (C=S) groups is 1. The molecule has 0 N–H and O–H groups in total. The first-order valence-corrected chi connectivity index (χ1v) is 13.8. The average Bonchev–Trinajstić information content (AvgIpc) is 3.66. The molecule has 3 atom stereocenters. The molecule has 2 saturated carbocycles. The lowest BCUT2D eigenvalue weighted by atomic mass is 9.94. The molecule has 3 unspecified atom stereocenters. The van der Waals surface area contributed by atoms with Gasteiger partial charge in [0.1, 0.15) is 27.3 Å². The SMILES string of the molecule is COc1cc(OC)cc(-c2cc(CCCOC(C)=O)c(/C=C3\SC(=S)N(C4CC5CCC4C5)C3=O)o2)c1. The van der Waals surface area contributed by atoms with Crippen molar-refractivity contribution in [1.82, 2.24) is 4.90 Å². The van der Waals surface area contributed by atoms with E-state index in [1.54, 1.807) is 20.3 Å². The van der Waals surface area contributed by atoms with Crippen LogP contribution in [0.3, 0.4) is 0 Å². The van der Waals surface area contributed by atoms with Gasteiger partial charge in [-0.05, 0) is 67.7 Å². The number of nitrogens with zero attached hydrogens (tertiary/aromatic N) is 1. The molecule has 196 valence electrons. The first-order valence-electron chi connectivity index (χ1n) is 12.6. The number of ether oxygens (including phenoxy) is 3. The Morgan fingerprint density at radius 3 is 2.54 bits per heavy atom. The van der Waals surface area contributed by atoms with E-state index in [4.69, 9.17) is 30.8 Å². The number of aryl methyl sites for hydroxylation is 1. The third kappa shape index (κ3) is 5.43. The molecule has 9 heteroatoms. The van der Waals surface area contributed by atoms with Crippen LogP contribution >= 0.6 is 24.0 Å². The summed E-state index contributed by atoms with van der Waals surface area (Å²) in [5.41, 5.74) is 1.72. The molecule has 2 aromatic rings. The summed E-state index contributed by atoms with van der Waals surface area (Å²) in [7, 11) is 3.20. The number of hydrogen-bond acceptors (Lipinski definition) is 8. The van der Waals surface area contributed by atoms with Gasteiger partial charge in [0.2, 0.25) is 0 Å². The number of esters is 1. The summed E-state index contributed by atoms with van der Waals surface area (Å²) in [4.78, 5) is 27.1. The van der Waals surface area contributed by atoms with Crippen LogP contribution in [0, 0.1) is 11.8 Å². The Hall–Kier alpha value is -2.78. The Labute approximate surface area is 226 Å². The summed E-state index contributed by atoms with van der Waals surface area (Å²) in [6, 6.07) is 7.74. The van der Waals surface area contributed by atoms with E-state index in [0.29, 0.717) is 57.6 Å². The summed E-state index contributed by atoms with van der Waals surface area (Å²) < 4.78 is 22.9. The highest BCUT2D eigenvalue weighted by atomic mass is 32.2. The standard InChI is InChI=1S/C28H31NO6S2/c1-16(30)34-8-4-5-19-13-24(20-11-21(32-2)14-22(12-20)33-3)35-25(19)15-26-27(31)29(28(36)37-26)23-10-17-6-7-18(23)9-17/h11-15,17-18,23H,4-10H2,1-3H3/b26-15-. The summed E-state index contributed by atoms with van der Waals surface area (Å²) in [5.74, 6) is 3.48. The fraction of sp³-hybridized carbons (Fsp3) is 0.464. The molecule has 0 spiro atoms. The van der Waals surface area contributed by atoms with Gasteiger partial charge in [-0.25, -0.2) is 0 Å². The lowest BCUT2D eigenvalue weighted by molar-refractivity contribution is -0.141. The molecule has 3 fully saturated rings. The van der Waals surface area contributed by atoms with Gasteiger partial charge in [0.25, 0.3) is 5.91 Å². The minimum Gasteiger partial charge on any atom is -0.497 e. The molecule has 1 amide bonds. The zero-order valence-electron chi connectivity index (χ0n) is 21.3. The maximum absolute atomic E-state index is 13.5. The van der Waals surface area contributed by atoms with Crippen molar-refractivity contribution in [3.63, 3.8) is 0 Å². The van der Waals surface area contributed by atoms with Gasteiger partial charge in [-0.2, -0.15) is 0 Å². The highest BCUT2D eigenvalue weighted by Crippen LogP contribution is 2.49. The van der Waals surface area contributed by atoms with Crippen molar-refractivity contribution >= 4 is 46.3 Å². The zero-order valence-corrected chi connectivity index (χ0v) is 22.9. The predicted molar refractivity (Wildman–Crippen MR) is 146 cm³/mol. The number of fused-ring (bicyclic) bond motifs is 2. The monoisotopic (exact) mass is 541 g/mol.